The minimum Gasteiger partial charge on any atom is -0.380 e. The quantitative estimate of drug-likeness (QED) is 0.836. The minimum absolute atomic E-state index is 0.117. The Kier molecular flexibility index (Phi) is 5.84. The molecular weight excluding hydrogens is 296 g/mol. The van der Waals surface area contributed by atoms with E-state index in [-0.39, 0.29) is 5.91 Å². The number of carbonyl (C=O) groups excluding carboxylic acids is 1. The highest BCUT2D eigenvalue weighted by molar-refractivity contribution is 6.31. The van der Waals surface area contributed by atoms with Crippen LogP contribution in [0.1, 0.15) is 35.3 Å². The van der Waals surface area contributed by atoms with Crippen LogP contribution in [-0.4, -0.2) is 12.5 Å². The number of hydrogen-bond acceptors (Lipinski definition) is 2. The summed E-state index contributed by atoms with van der Waals surface area (Å²) in [5.74, 6) is -0.117. The predicted molar refractivity (Wildman–Crippen MR) is 92.6 cm³/mol. The van der Waals surface area contributed by atoms with Gasteiger partial charge in [-0.15, -0.1) is 0 Å². The highest BCUT2D eigenvalue weighted by atomic mass is 35.5. The first-order chi connectivity index (χ1) is 10.6. The summed E-state index contributed by atoms with van der Waals surface area (Å²) in [6.07, 6.45) is 1.03. The number of amides is 1. The standard InChI is InChI=1S/C18H21ClN2O/c1-3-13-5-7-14(8-6-13)12-21-17-10-9-15(19)11-16(17)18(22)20-4-2/h5-11,21H,3-4,12H2,1-2H3,(H,20,22). The molecule has 0 radical (unpaired) electrons. The van der Waals surface area contributed by atoms with E-state index in [9.17, 15) is 4.79 Å². The zero-order chi connectivity index (χ0) is 15.9. The molecule has 3 nitrogen and oxygen atoms in total. The van der Waals surface area contributed by atoms with E-state index in [0.29, 0.717) is 23.7 Å². The first-order valence-corrected chi connectivity index (χ1v) is 7.91. The monoisotopic (exact) mass is 316 g/mol. The average molecular weight is 317 g/mol. The fourth-order valence-electron chi connectivity index (χ4n) is 2.20. The van der Waals surface area contributed by atoms with Crippen molar-refractivity contribution in [3.8, 4) is 0 Å². The molecule has 0 atom stereocenters. The topological polar surface area (TPSA) is 41.1 Å². The van der Waals surface area contributed by atoms with Crippen molar-refractivity contribution in [2.75, 3.05) is 11.9 Å². The number of carbonyl (C=O) groups is 1. The molecular formula is C18H21ClN2O. The summed E-state index contributed by atoms with van der Waals surface area (Å²) < 4.78 is 0. The van der Waals surface area contributed by atoms with Gasteiger partial charge in [0.2, 0.25) is 0 Å². The van der Waals surface area contributed by atoms with Gasteiger partial charge in [-0.1, -0.05) is 42.8 Å². The third kappa shape index (κ3) is 4.25. The normalized spacial score (nSPS) is 10.3. The van der Waals surface area contributed by atoms with E-state index in [4.69, 9.17) is 11.6 Å². The van der Waals surface area contributed by atoms with Crippen molar-refractivity contribution in [2.45, 2.75) is 26.8 Å². The van der Waals surface area contributed by atoms with E-state index in [1.807, 2.05) is 13.0 Å². The fraction of sp³-hybridized carbons (Fsp3) is 0.278. The number of nitrogens with one attached hydrogen (secondary N) is 2. The minimum atomic E-state index is -0.117. The van der Waals surface area contributed by atoms with Gasteiger partial charge in [0.25, 0.3) is 5.91 Å². The number of benzene rings is 2. The molecule has 0 fully saturated rings. The molecule has 116 valence electrons. The lowest BCUT2D eigenvalue weighted by Crippen LogP contribution is -2.23. The van der Waals surface area contributed by atoms with Gasteiger partial charge in [-0.05, 0) is 42.7 Å². The second-order valence-corrected chi connectivity index (χ2v) is 5.51. The van der Waals surface area contributed by atoms with Crippen LogP contribution in [-0.2, 0) is 13.0 Å². The Bertz CT molecular complexity index is 638. The Morgan fingerprint density at radius 1 is 1.05 bits per heavy atom. The lowest BCUT2D eigenvalue weighted by atomic mass is 10.1. The van der Waals surface area contributed by atoms with Crippen molar-refractivity contribution in [1.82, 2.24) is 5.32 Å². The summed E-state index contributed by atoms with van der Waals surface area (Å²) in [5.41, 5.74) is 3.85. The van der Waals surface area contributed by atoms with Gasteiger partial charge in [0.15, 0.2) is 0 Å². The van der Waals surface area contributed by atoms with Gasteiger partial charge in [-0.25, -0.2) is 0 Å². The molecule has 4 heteroatoms. The second-order valence-electron chi connectivity index (χ2n) is 5.07. The Morgan fingerprint density at radius 3 is 2.36 bits per heavy atom. The van der Waals surface area contributed by atoms with Crippen LogP contribution in [0.3, 0.4) is 0 Å². The van der Waals surface area contributed by atoms with E-state index < -0.39 is 0 Å². The lowest BCUT2D eigenvalue weighted by Gasteiger charge is -2.12. The molecule has 22 heavy (non-hydrogen) atoms. The SMILES string of the molecule is CCNC(=O)c1cc(Cl)ccc1NCc1ccc(CC)cc1. The molecule has 0 aliphatic carbocycles. The molecule has 0 spiro atoms. The van der Waals surface area contributed by atoms with Crippen LogP contribution >= 0.6 is 11.6 Å². The van der Waals surface area contributed by atoms with Gasteiger partial charge >= 0.3 is 0 Å². The summed E-state index contributed by atoms with van der Waals surface area (Å²) in [4.78, 5) is 12.1. The van der Waals surface area contributed by atoms with Crippen LogP contribution in [0.4, 0.5) is 5.69 Å². The fourth-order valence-corrected chi connectivity index (χ4v) is 2.38. The molecule has 0 saturated carbocycles. The van der Waals surface area contributed by atoms with Gasteiger partial charge < -0.3 is 10.6 Å². The van der Waals surface area contributed by atoms with Gasteiger partial charge in [0.05, 0.1) is 5.56 Å². The maximum atomic E-state index is 12.1. The summed E-state index contributed by atoms with van der Waals surface area (Å²) in [6, 6.07) is 13.8. The molecule has 1 amide bonds. The highest BCUT2D eigenvalue weighted by Crippen LogP contribution is 2.21. The van der Waals surface area contributed by atoms with Crippen molar-refractivity contribution >= 4 is 23.2 Å². The van der Waals surface area contributed by atoms with E-state index in [1.165, 1.54) is 11.1 Å². The van der Waals surface area contributed by atoms with Gasteiger partial charge in [0, 0.05) is 23.8 Å². The van der Waals surface area contributed by atoms with Gasteiger partial charge in [-0.3, -0.25) is 4.79 Å². The number of anilines is 1. The van der Waals surface area contributed by atoms with Crippen molar-refractivity contribution in [3.05, 3.63) is 64.2 Å². The Labute approximate surface area is 136 Å². The van der Waals surface area contributed by atoms with Crippen molar-refractivity contribution in [2.24, 2.45) is 0 Å². The van der Waals surface area contributed by atoms with Crippen LogP contribution < -0.4 is 10.6 Å². The van der Waals surface area contributed by atoms with E-state index >= 15 is 0 Å². The number of halogens is 1. The first-order valence-electron chi connectivity index (χ1n) is 7.53. The Morgan fingerprint density at radius 2 is 1.73 bits per heavy atom. The lowest BCUT2D eigenvalue weighted by molar-refractivity contribution is 0.0956. The van der Waals surface area contributed by atoms with Crippen molar-refractivity contribution in [1.29, 1.82) is 0 Å². The molecule has 0 heterocycles. The van der Waals surface area contributed by atoms with Gasteiger partial charge in [0.1, 0.15) is 0 Å². The smallest absolute Gasteiger partial charge is 0.253 e. The zero-order valence-corrected chi connectivity index (χ0v) is 13.7. The molecule has 2 rings (SSSR count). The predicted octanol–water partition coefficient (Wildman–Crippen LogP) is 4.26. The molecule has 0 unspecified atom stereocenters. The summed E-state index contributed by atoms with van der Waals surface area (Å²) in [7, 11) is 0. The third-order valence-electron chi connectivity index (χ3n) is 3.48. The van der Waals surface area contributed by atoms with E-state index in [2.05, 4.69) is 41.8 Å². The van der Waals surface area contributed by atoms with Crippen LogP contribution in [0.2, 0.25) is 5.02 Å². The van der Waals surface area contributed by atoms with Crippen LogP contribution in [0.25, 0.3) is 0 Å². The van der Waals surface area contributed by atoms with Crippen LogP contribution in [0, 0.1) is 0 Å². The molecule has 2 aromatic carbocycles. The maximum Gasteiger partial charge on any atom is 0.253 e. The summed E-state index contributed by atoms with van der Waals surface area (Å²) >= 11 is 6.00. The van der Waals surface area contributed by atoms with E-state index in [0.717, 1.165) is 12.1 Å². The largest absolute Gasteiger partial charge is 0.380 e. The van der Waals surface area contributed by atoms with Gasteiger partial charge in [-0.2, -0.15) is 0 Å². The molecule has 2 aromatic rings. The number of rotatable bonds is 6. The Balaban J connectivity index is 2.12. The van der Waals surface area contributed by atoms with Crippen LogP contribution in [0.5, 0.6) is 0 Å². The second kappa shape index (κ2) is 7.85. The number of aryl methyl sites for hydroxylation is 1. The zero-order valence-electron chi connectivity index (χ0n) is 12.9. The Hall–Kier alpha value is -2.00. The molecule has 0 saturated heterocycles. The molecule has 0 aliphatic heterocycles. The average Bonchev–Trinajstić information content (AvgIpc) is 2.54. The molecule has 0 aromatic heterocycles. The first kappa shape index (κ1) is 16.4. The van der Waals surface area contributed by atoms with Crippen molar-refractivity contribution in [3.63, 3.8) is 0 Å². The number of hydrogen-bond donors (Lipinski definition) is 2. The summed E-state index contributed by atoms with van der Waals surface area (Å²) in [5, 5.41) is 6.67. The molecule has 2 N–H and O–H groups in total. The van der Waals surface area contributed by atoms with Crippen molar-refractivity contribution < 1.29 is 4.79 Å². The highest BCUT2D eigenvalue weighted by Gasteiger charge is 2.11. The maximum absolute atomic E-state index is 12.1. The van der Waals surface area contributed by atoms with Crippen LogP contribution in [0.15, 0.2) is 42.5 Å². The summed E-state index contributed by atoms with van der Waals surface area (Å²) in [6.45, 7) is 5.28. The molecule has 0 aliphatic rings. The van der Waals surface area contributed by atoms with E-state index in [1.54, 1.807) is 12.1 Å². The third-order valence-corrected chi connectivity index (χ3v) is 3.71. The molecule has 0 bridgehead atoms.